The van der Waals surface area contributed by atoms with Crippen molar-refractivity contribution in [2.24, 2.45) is 0 Å². The molecule has 1 amide bonds. The Bertz CT molecular complexity index is 1450. The van der Waals surface area contributed by atoms with E-state index in [0.29, 0.717) is 16.2 Å². The summed E-state index contributed by atoms with van der Waals surface area (Å²) < 4.78 is 39.0. The first-order chi connectivity index (χ1) is 19.1. The van der Waals surface area contributed by atoms with E-state index in [4.69, 9.17) is 5.73 Å². The van der Waals surface area contributed by atoms with Crippen LogP contribution < -0.4 is 5.73 Å². The number of pyridine rings is 1. The van der Waals surface area contributed by atoms with Crippen molar-refractivity contribution in [1.82, 2.24) is 14.9 Å². The first kappa shape index (κ1) is 28.4. The molecule has 9 nitrogen and oxygen atoms in total. The van der Waals surface area contributed by atoms with Crippen molar-refractivity contribution in [2.75, 3.05) is 31.9 Å². The van der Waals surface area contributed by atoms with Gasteiger partial charge in [0.2, 0.25) is 0 Å². The fourth-order valence-corrected chi connectivity index (χ4v) is 4.46. The third-order valence-corrected chi connectivity index (χ3v) is 6.48. The Hall–Kier alpha value is -4.63. The van der Waals surface area contributed by atoms with E-state index in [1.54, 1.807) is 24.3 Å². The van der Waals surface area contributed by atoms with Crippen LogP contribution in [-0.2, 0) is 9.63 Å². The number of nitrogen functional groups attached to an aromatic ring is 1. The first-order valence-corrected chi connectivity index (χ1v) is 12.5. The molecule has 1 aliphatic heterocycles. The van der Waals surface area contributed by atoms with E-state index < -0.39 is 18.1 Å². The number of carbonyl (C=O) groups excluding carboxylic acids is 2. The summed E-state index contributed by atoms with van der Waals surface area (Å²) in [4.78, 5) is 35.7. The van der Waals surface area contributed by atoms with Crippen LogP contribution in [0.25, 0.3) is 22.4 Å². The molecule has 2 aromatic carbocycles. The number of benzene rings is 2. The van der Waals surface area contributed by atoms with E-state index in [-0.39, 0.29) is 47.0 Å². The summed E-state index contributed by atoms with van der Waals surface area (Å²) in [6.45, 7) is 1.41. The van der Waals surface area contributed by atoms with Gasteiger partial charge < -0.3 is 20.6 Å². The summed E-state index contributed by atoms with van der Waals surface area (Å²) in [7, 11) is 0. The molecule has 4 rings (SSSR count). The molecule has 1 fully saturated rings. The smallest absolute Gasteiger partial charge is 0.493 e. The van der Waals surface area contributed by atoms with Gasteiger partial charge in [0.15, 0.2) is 0 Å². The molecule has 12 heteroatoms. The predicted octanol–water partition coefficient (Wildman–Crippen LogP) is 4.52. The van der Waals surface area contributed by atoms with Crippen LogP contribution in [0.1, 0.15) is 35.2 Å². The van der Waals surface area contributed by atoms with E-state index in [0.717, 1.165) is 32.4 Å². The number of anilines is 1. The Kier molecular flexibility index (Phi) is 8.55. The van der Waals surface area contributed by atoms with Gasteiger partial charge in [-0.1, -0.05) is 30.7 Å². The number of phenols is 1. The maximum atomic E-state index is 13.3. The summed E-state index contributed by atoms with van der Waals surface area (Å²) in [6.07, 6.45) is -2.39. The zero-order valence-corrected chi connectivity index (χ0v) is 21.3. The van der Waals surface area contributed by atoms with E-state index in [9.17, 15) is 33.1 Å². The fraction of sp³-hybridized carbons (Fsp3) is 0.286. The monoisotopic (exact) mass is 553 g/mol. The lowest BCUT2D eigenvalue weighted by Gasteiger charge is -2.29. The highest BCUT2D eigenvalue weighted by Gasteiger charge is 2.43. The molecule has 0 bridgehead atoms. The van der Waals surface area contributed by atoms with Gasteiger partial charge in [0.05, 0.1) is 12.2 Å². The van der Waals surface area contributed by atoms with E-state index in [1.807, 2.05) is 11.0 Å². The Morgan fingerprint density at radius 1 is 1.07 bits per heavy atom. The van der Waals surface area contributed by atoms with Gasteiger partial charge in [-0.3, -0.25) is 4.79 Å². The normalized spacial score (nSPS) is 13.8. The lowest BCUT2D eigenvalue weighted by molar-refractivity contribution is -0.228. The molecule has 0 spiro atoms. The van der Waals surface area contributed by atoms with Crippen LogP contribution in [0.5, 0.6) is 5.75 Å². The van der Waals surface area contributed by atoms with Crippen LogP contribution >= 0.6 is 0 Å². The molecule has 0 saturated carbocycles. The number of alkyl halides is 3. The number of amides is 1. The van der Waals surface area contributed by atoms with Crippen molar-refractivity contribution in [3.63, 3.8) is 0 Å². The zero-order valence-electron chi connectivity index (χ0n) is 21.3. The lowest BCUT2D eigenvalue weighted by atomic mass is 9.96. The molecule has 208 valence electrons. The van der Waals surface area contributed by atoms with Gasteiger partial charge in [-0.2, -0.15) is 23.5 Å². The number of hydrogen-bond donors (Lipinski definition) is 2. The fourth-order valence-electron chi connectivity index (χ4n) is 4.46. The number of nitrogens with zero attached hydrogens (tertiary/aromatic N) is 4. The van der Waals surface area contributed by atoms with Crippen molar-refractivity contribution >= 4 is 17.7 Å². The number of carbonyl (C=O) groups is 2. The van der Waals surface area contributed by atoms with E-state index >= 15 is 0 Å². The van der Waals surface area contributed by atoms with Gasteiger partial charge in [0.1, 0.15) is 23.2 Å². The molecular formula is C28H26F3N5O4. The number of aromatic hydroxyl groups is 1. The number of halogens is 3. The number of para-hydroxylation sites is 1. The van der Waals surface area contributed by atoms with Crippen molar-refractivity contribution < 1.29 is 32.7 Å². The van der Waals surface area contributed by atoms with Gasteiger partial charge in [0.25, 0.3) is 5.91 Å². The van der Waals surface area contributed by atoms with Crippen molar-refractivity contribution in [3.05, 3.63) is 65.7 Å². The molecule has 1 aliphatic rings. The molecular weight excluding hydrogens is 527 g/mol. The highest BCUT2D eigenvalue weighted by atomic mass is 19.4. The third-order valence-electron chi connectivity index (χ3n) is 6.48. The molecule has 0 aliphatic carbocycles. The Morgan fingerprint density at radius 3 is 2.48 bits per heavy atom. The van der Waals surface area contributed by atoms with Crippen LogP contribution in [-0.4, -0.2) is 64.3 Å². The van der Waals surface area contributed by atoms with Crippen molar-refractivity contribution in [2.45, 2.75) is 25.4 Å². The summed E-state index contributed by atoms with van der Waals surface area (Å²) in [5, 5.41) is 20.4. The second-order valence-corrected chi connectivity index (χ2v) is 9.21. The molecule has 2 heterocycles. The minimum Gasteiger partial charge on any atom is -0.507 e. The quantitative estimate of drug-likeness (QED) is 0.426. The number of nitrogens with two attached hydrogens (primary N) is 1. The van der Waals surface area contributed by atoms with E-state index in [2.05, 4.69) is 9.82 Å². The minimum absolute atomic E-state index is 0.00854. The number of nitriles is 1. The molecule has 40 heavy (non-hydrogen) atoms. The van der Waals surface area contributed by atoms with Gasteiger partial charge >= 0.3 is 12.1 Å². The van der Waals surface area contributed by atoms with Crippen LogP contribution in [0.2, 0.25) is 0 Å². The number of piperidine rings is 1. The standard InChI is InChI=1S/C28H26F3N5O4/c29-28(30,31)27(39)40-36(14-13-35-11-4-1-5-12-35)26(38)19-8-6-7-18(15-19)21-16-23(34-25(33)22(21)17-32)20-9-2-3-10-24(20)37/h2-3,6-10,15-16,37H,1,4-5,11-14H2,(H2,33,34). The molecule has 0 radical (unpaired) electrons. The predicted molar refractivity (Wildman–Crippen MR) is 139 cm³/mol. The van der Waals surface area contributed by atoms with Gasteiger partial charge in [-0.05, 0) is 61.8 Å². The Balaban J connectivity index is 1.69. The second kappa shape index (κ2) is 12.0. The SMILES string of the molecule is N#Cc1c(-c2cccc(C(=O)N(CCN3CCCCC3)OC(=O)C(F)(F)F)c2)cc(-c2ccccc2O)nc1N. The Morgan fingerprint density at radius 2 is 1.80 bits per heavy atom. The largest absolute Gasteiger partial charge is 0.507 e. The first-order valence-electron chi connectivity index (χ1n) is 12.5. The zero-order chi connectivity index (χ0) is 28.9. The summed E-state index contributed by atoms with van der Waals surface area (Å²) >= 11 is 0. The Labute approximate surface area is 228 Å². The van der Waals surface area contributed by atoms with Crippen molar-refractivity contribution in [1.29, 1.82) is 5.26 Å². The molecule has 3 aromatic rings. The number of hydroxylamine groups is 2. The molecule has 0 atom stereocenters. The van der Waals surface area contributed by atoms with Crippen LogP contribution in [0.15, 0.2) is 54.6 Å². The summed E-state index contributed by atoms with van der Waals surface area (Å²) in [5.74, 6) is -3.64. The number of hydrogen-bond acceptors (Lipinski definition) is 8. The topological polar surface area (TPSA) is 133 Å². The minimum atomic E-state index is -5.29. The average molecular weight is 554 g/mol. The lowest BCUT2D eigenvalue weighted by Crippen LogP contribution is -2.43. The second-order valence-electron chi connectivity index (χ2n) is 9.21. The number of likely N-dealkylation sites (tertiary alicyclic amines) is 1. The molecule has 0 unspecified atom stereocenters. The van der Waals surface area contributed by atoms with Crippen LogP contribution in [0.3, 0.4) is 0 Å². The van der Waals surface area contributed by atoms with Crippen LogP contribution in [0, 0.1) is 11.3 Å². The molecule has 3 N–H and O–H groups in total. The highest BCUT2D eigenvalue weighted by molar-refractivity contribution is 5.96. The molecule has 1 saturated heterocycles. The van der Waals surface area contributed by atoms with Crippen molar-refractivity contribution in [3.8, 4) is 34.2 Å². The van der Waals surface area contributed by atoms with Gasteiger partial charge in [-0.15, -0.1) is 0 Å². The number of rotatable bonds is 6. The average Bonchev–Trinajstić information content (AvgIpc) is 2.94. The number of phenolic OH excluding ortho intramolecular Hbond substituents is 1. The molecule has 1 aromatic heterocycles. The van der Waals surface area contributed by atoms with Gasteiger partial charge in [0, 0.05) is 23.2 Å². The summed E-state index contributed by atoms with van der Waals surface area (Å²) in [5.41, 5.74) is 7.23. The number of aromatic nitrogens is 1. The van der Waals surface area contributed by atoms with Crippen LogP contribution in [0.4, 0.5) is 19.0 Å². The third kappa shape index (κ3) is 6.50. The summed E-state index contributed by atoms with van der Waals surface area (Å²) in [6, 6.07) is 15.7. The maximum Gasteiger partial charge on any atom is 0.493 e. The van der Waals surface area contributed by atoms with E-state index in [1.165, 1.54) is 30.3 Å². The maximum absolute atomic E-state index is 13.3. The highest BCUT2D eigenvalue weighted by Crippen LogP contribution is 2.35. The van der Waals surface area contributed by atoms with Gasteiger partial charge in [-0.25, -0.2) is 9.78 Å².